The van der Waals surface area contributed by atoms with E-state index in [0.29, 0.717) is 6.04 Å². The van der Waals surface area contributed by atoms with Crippen LogP contribution in [0.1, 0.15) is 56.7 Å². The molecule has 0 spiro atoms. The van der Waals surface area contributed by atoms with Crippen molar-refractivity contribution in [1.29, 1.82) is 0 Å². The molecule has 166 valence electrons. The number of aryl methyl sites for hydroxylation is 1. The monoisotopic (exact) mass is 422 g/mol. The van der Waals surface area contributed by atoms with Crippen molar-refractivity contribution in [1.82, 2.24) is 0 Å². The predicted molar refractivity (Wildman–Crippen MR) is 125 cm³/mol. The number of benzene rings is 2. The van der Waals surface area contributed by atoms with Gasteiger partial charge in [-0.2, -0.15) is 0 Å². The van der Waals surface area contributed by atoms with E-state index in [9.17, 15) is 15.0 Å². The lowest BCUT2D eigenvalue weighted by molar-refractivity contribution is -0.118. The molecule has 1 amide bonds. The first kappa shape index (κ1) is 21.7. The SMILES string of the molecule is Cc1cc(C2(C(=O)Nc3ccc4c(c3)CC(C(C)(C)C)N4CCCO)CC2)ccc1O. The van der Waals surface area contributed by atoms with Gasteiger partial charge in [0, 0.05) is 30.6 Å². The number of phenolic OH excluding ortho intramolecular Hbond substituents is 1. The van der Waals surface area contributed by atoms with Gasteiger partial charge in [0.1, 0.15) is 5.75 Å². The molecule has 1 aliphatic heterocycles. The zero-order chi connectivity index (χ0) is 22.4. The predicted octanol–water partition coefficient (Wildman–Crippen LogP) is 4.53. The number of hydrogen-bond donors (Lipinski definition) is 3. The summed E-state index contributed by atoms with van der Waals surface area (Å²) < 4.78 is 0. The van der Waals surface area contributed by atoms with Crippen LogP contribution in [0.4, 0.5) is 11.4 Å². The van der Waals surface area contributed by atoms with Crippen molar-refractivity contribution in [3.8, 4) is 5.75 Å². The first-order chi connectivity index (χ1) is 14.7. The number of anilines is 2. The zero-order valence-corrected chi connectivity index (χ0v) is 19.0. The van der Waals surface area contributed by atoms with Crippen LogP contribution in [0.15, 0.2) is 36.4 Å². The summed E-state index contributed by atoms with van der Waals surface area (Å²) in [6.07, 6.45) is 3.35. The van der Waals surface area contributed by atoms with E-state index in [4.69, 9.17) is 0 Å². The molecule has 1 fully saturated rings. The lowest BCUT2D eigenvalue weighted by Gasteiger charge is -2.37. The highest BCUT2D eigenvalue weighted by atomic mass is 16.3. The molecule has 1 aliphatic carbocycles. The molecule has 31 heavy (non-hydrogen) atoms. The summed E-state index contributed by atoms with van der Waals surface area (Å²) in [5.41, 5.74) is 4.70. The minimum Gasteiger partial charge on any atom is -0.508 e. The van der Waals surface area contributed by atoms with Crippen molar-refractivity contribution in [2.45, 2.75) is 64.8 Å². The molecule has 0 bridgehead atoms. The molecule has 2 aliphatic rings. The minimum atomic E-state index is -0.488. The molecule has 5 heteroatoms. The summed E-state index contributed by atoms with van der Waals surface area (Å²) in [6, 6.07) is 12.1. The number of carbonyl (C=O) groups excluding carboxylic acids is 1. The second kappa shape index (κ2) is 7.86. The third-order valence-corrected chi connectivity index (χ3v) is 6.93. The Labute approximate surface area is 185 Å². The molecular weight excluding hydrogens is 388 g/mol. The lowest BCUT2D eigenvalue weighted by atomic mass is 9.84. The molecule has 1 saturated carbocycles. The standard InChI is InChI=1S/C26H34N2O3/c1-17-14-19(6-9-22(17)30)26(10-11-26)24(31)27-20-7-8-21-18(15-20)16-23(25(2,3)4)28(21)12-5-13-29/h6-9,14-15,23,29-30H,5,10-13,16H2,1-4H3,(H,27,31). The first-order valence-corrected chi connectivity index (χ1v) is 11.3. The van der Waals surface area contributed by atoms with E-state index in [-0.39, 0.29) is 23.7 Å². The number of rotatable bonds is 6. The highest BCUT2D eigenvalue weighted by Crippen LogP contribution is 2.50. The molecule has 4 rings (SSSR count). The number of nitrogens with one attached hydrogen (secondary N) is 1. The van der Waals surface area contributed by atoms with Gasteiger partial charge in [-0.05, 0) is 79.0 Å². The number of amides is 1. The fourth-order valence-corrected chi connectivity index (χ4v) is 4.86. The maximum atomic E-state index is 13.2. The van der Waals surface area contributed by atoms with Crippen LogP contribution >= 0.6 is 0 Å². The Morgan fingerprint density at radius 3 is 2.55 bits per heavy atom. The maximum Gasteiger partial charge on any atom is 0.235 e. The summed E-state index contributed by atoms with van der Waals surface area (Å²) in [6.45, 7) is 9.66. The van der Waals surface area contributed by atoms with Gasteiger partial charge in [0.2, 0.25) is 5.91 Å². The van der Waals surface area contributed by atoms with Crippen LogP contribution in [-0.2, 0) is 16.6 Å². The summed E-state index contributed by atoms with van der Waals surface area (Å²) in [4.78, 5) is 15.6. The average molecular weight is 423 g/mol. The number of fused-ring (bicyclic) bond motifs is 1. The summed E-state index contributed by atoms with van der Waals surface area (Å²) in [5, 5.41) is 22.3. The van der Waals surface area contributed by atoms with Crippen molar-refractivity contribution in [2.75, 3.05) is 23.4 Å². The van der Waals surface area contributed by atoms with Crippen molar-refractivity contribution in [2.24, 2.45) is 5.41 Å². The van der Waals surface area contributed by atoms with E-state index in [2.05, 4.69) is 43.1 Å². The summed E-state index contributed by atoms with van der Waals surface area (Å²) >= 11 is 0. The maximum absolute atomic E-state index is 13.2. The van der Waals surface area contributed by atoms with E-state index in [1.54, 1.807) is 6.07 Å². The molecule has 2 aromatic carbocycles. The van der Waals surface area contributed by atoms with Gasteiger partial charge >= 0.3 is 0 Å². The Morgan fingerprint density at radius 1 is 1.19 bits per heavy atom. The first-order valence-electron chi connectivity index (χ1n) is 11.3. The van der Waals surface area contributed by atoms with Gasteiger partial charge in [0.15, 0.2) is 0 Å². The Kier molecular flexibility index (Phi) is 5.50. The third kappa shape index (κ3) is 4.03. The number of hydrogen-bond acceptors (Lipinski definition) is 4. The van der Waals surface area contributed by atoms with E-state index in [1.807, 2.05) is 25.1 Å². The van der Waals surface area contributed by atoms with Crippen molar-refractivity contribution in [3.63, 3.8) is 0 Å². The fourth-order valence-electron chi connectivity index (χ4n) is 4.86. The Balaban J connectivity index is 1.55. The van der Waals surface area contributed by atoms with Crippen molar-refractivity contribution >= 4 is 17.3 Å². The zero-order valence-electron chi connectivity index (χ0n) is 19.0. The lowest BCUT2D eigenvalue weighted by Crippen LogP contribution is -2.42. The highest BCUT2D eigenvalue weighted by molar-refractivity contribution is 6.01. The number of phenols is 1. The molecule has 0 saturated heterocycles. The van der Waals surface area contributed by atoms with E-state index < -0.39 is 5.41 Å². The van der Waals surface area contributed by atoms with Crippen LogP contribution in [-0.4, -0.2) is 35.3 Å². The van der Waals surface area contributed by atoms with Crippen LogP contribution < -0.4 is 10.2 Å². The van der Waals surface area contributed by atoms with E-state index >= 15 is 0 Å². The van der Waals surface area contributed by atoms with Gasteiger partial charge in [-0.3, -0.25) is 4.79 Å². The molecule has 0 radical (unpaired) electrons. The van der Waals surface area contributed by atoms with Gasteiger partial charge in [-0.25, -0.2) is 0 Å². The van der Waals surface area contributed by atoms with E-state index in [1.165, 1.54) is 11.3 Å². The van der Waals surface area contributed by atoms with Gasteiger partial charge in [0.05, 0.1) is 5.41 Å². The van der Waals surface area contributed by atoms with Crippen LogP contribution in [0.25, 0.3) is 0 Å². The van der Waals surface area contributed by atoms with Gasteiger partial charge in [0.25, 0.3) is 0 Å². The van der Waals surface area contributed by atoms with Crippen LogP contribution in [0.5, 0.6) is 5.75 Å². The molecule has 2 aromatic rings. The third-order valence-electron chi connectivity index (χ3n) is 6.93. The number of carbonyl (C=O) groups is 1. The van der Waals surface area contributed by atoms with Crippen LogP contribution in [0.3, 0.4) is 0 Å². The topological polar surface area (TPSA) is 72.8 Å². The summed E-state index contributed by atoms with van der Waals surface area (Å²) in [7, 11) is 0. The molecule has 1 heterocycles. The normalized spacial score (nSPS) is 19.3. The van der Waals surface area contributed by atoms with Gasteiger partial charge in [-0.15, -0.1) is 0 Å². The molecular formula is C26H34N2O3. The molecule has 3 N–H and O–H groups in total. The molecule has 1 unspecified atom stereocenters. The smallest absolute Gasteiger partial charge is 0.235 e. The van der Waals surface area contributed by atoms with Gasteiger partial charge in [-0.1, -0.05) is 32.9 Å². The molecule has 0 aromatic heterocycles. The van der Waals surface area contributed by atoms with Crippen LogP contribution in [0, 0.1) is 12.3 Å². The summed E-state index contributed by atoms with van der Waals surface area (Å²) in [5.74, 6) is 0.290. The average Bonchev–Trinajstić information content (AvgIpc) is 3.44. The van der Waals surface area contributed by atoms with Crippen LogP contribution in [0.2, 0.25) is 0 Å². The Bertz CT molecular complexity index is 989. The largest absolute Gasteiger partial charge is 0.508 e. The Hall–Kier alpha value is -2.53. The quantitative estimate of drug-likeness (QED) is 0.639. The van der Waals surface area contributed by atoms with E-state index in [0.717, 1.165) is 49.0 Å². The molecule has 1 atom stereocenters. The number of aliphatic hydroxyl groups is 1. The van der Waals surface area contributed by atoms with Crippen molar-refractivity contribution in [3.05, 3.63) is 53.1 Å². The minimum absolute atomic E-state index is 0.0278. The van der Waals surface area contributed by atoms with Crippen molar-refractivity contribution < 1.29 is 15.0 Å². The fraction of sp³-hybridized carbons (Fsp3) is 0.500. The van der Waals surface area contributed by atoms with Gasteiger partial charge < -0.3 is 20.4 Å². The molecule has 5 nitrogen and oxygen atoms in total. The number of aromatic hydroxyl groups is 1. The highest BCUT2D eigenvalue weighted by Gasteiger charge is 2.51. The second-order valence-electron chi connectivity index (χ2n) is 10.2. The number of nitrogens with zero attached hydrogens (tertiary/aromatic N) is 1. The second-order valence-corrected chi connectivity index (χ2v) is 10.2. The number of aliphatic hydroxyl groups excluding tert-OH is 1. The Morgan fingerprint density at radius 2 is 1.94 bits per heavy atom.